The Bertz CT molecular complexity index is 862. The highest BCUT2D eigenvalue weighted by molar-refractivity contribution is 5.79. The van der Waals surface area contributed by atoms with Crippen LogP contribution in [0.5, 0.6) is 11.5 Å². The van der Waals surface area contributed by atoms with E-state index in [0.717, 1.165) is 49.8 Å². The zero-order valence-electron chi connectivity index (χ0n) is 17.3. The first-order valence-corrected chi connectivity index (χ1v) is 10.5. The quantitative estimate of drug-likeness (QED) is 0.628. The van der Waals surface area contributed by atoms with Crippen LogP contribution in [-0.4, -0.2) is 44.9 Å². The molecule has 154 valence electrons. The van der Waals surface area contributed by atoms with Crippen LogP contribution in [0.25, 0.3) is 0 Å². The highest BCUT2D eigenvalue weighted by Gasteiger charge is 2.31. The second kappa shape index (κ2) is 8.84. The fourth-order valence-electron chi connectivity index (χ4n) is 4.22. The number of ether oxygens (including phenoxy) is 2. The smallest absolute Gasteiger partial charge is 0.278 e. The lowest BCUT2D eigenvalue weighted by molar-refractivity contribution is -1.02. The molecule has 2 aliphatic heterocycles. The van der Waals surface area contributed by atoms with E-state index in [2.05, 4.69) is 36.5 Å². The average molecular weight is 398 g/mol. The van der Waals surface area contributed by atoms with Gasteiger partial charge in [-0.3, -0.25) is 4.79 Å². The molecule has 1 saturated heterocycles. The molecule has 0 radical (unpaired) electrons. The third-order valence-electron chi connectivity index (χ3n) is 6.05. The summed E-state index contributed by atoms with van der Waals surface area (Å²) >= 11 is 0. The normalized spacial score (nSPS) is 21.6. The van der Waals surface area contributed by atoms with Crippen molar-refractivity contribution in [2.75, 3.05) is 33.0 Å². The standard InChI is InChI=1S/C23H29N3O3/c1-17-4-3-5-20(12-17)15-25-8-10-26(11-9-25)18(2)23(27)24-14-19-6-7-21-22(13-19)29-16-28-21/h3-7,12-13,18H,8-11,14-16H2,1-2H3,(H,24,27)/p+2/t18-/m0/s1. The molecule has 1 atom stereocenters. The SMILES string of the molecule is Cc1cccc(C[NH+]2CC[NH+]([C@@H](C)C(=O)NCc3ccc4c(c3)OCO4)CC2)c1. The van der Waals surface area contributed by atoms with Crippen molar-refractivity contribution in [2.24, 2.45) is 0 Å². The van der Waals surface area contributed by atoms with Gasteiger partial charge in [0.25, 0.3) is 5.91 Å². The minimum Gasteiger partial charge on any atom is -0.454 e. The molecule has 2 aliphatic rings. The van der Waals surface area contributed by atoms with Crippen molar-refractivity contribution in [1.82, 2.24) is 5.32 Å². The molecule has 1 fully saturated rings. The molecule has 4 rings (SSSR count). The highest BCUT2D eigenvalue weighted by Crippen LogP contribution is 2.32. The van der Waals surface area contributed by atoms with Gasteiger partial charge >= 0.3 is 0 Å². The third-order valence-corrected chi connectivity index (χ3v) is 6.05. The van der Waals surface area contributed by atoms with Crippen LogP contribution in [0.1, 0.15) is 23.6 Å². The van der Waals surface area contributed by atoms with E-state index in [1.165, 1.54) is 16.0 Å². The van der Waals surface area contributed by atoms with Gasteiger partial charge in [-0.25, -0.2) is 0 Å². The number of quaternary nitrogens is 2. The number of piperazine rings is 1. The monoisotopic (exact) mass is 397 g/mol. The van der Waals surface area contributed by atoms with E-state index in [1.54, 1.807) is 4.90 Å². The van der Waals surface area contributed by atoms with Crippen molar-refractivity contribution >= 4 is 5.91 Å². The van der Waals surface area contributed by atoms with Gasteiger partial charge in [-0.15, -0.1) is 0 Å². The third kappa shape index (κ3) is 4.89. The first-order chi connectivity index (χ1) is 14.1. The molecule has 2 aromatic carbocycles. The van der Waals surface area contributed by atoms with E-state index in [0.29, 0.717) is 6.54 Å². The van der Waals surface area contributed by atoms with Crippen LogP contribution in [0.4, 0.5) is 0 Å². The number of aryl methyl sites for hydroxylation is 1. The average Bonchev–Trinajstić information content (AvgIpc) is 3.20. The Kier molecular flexibility index (Phi) is 6.02. The molecule has 0 saturated carbocycles. The predicted octanol–water partition coefficient (Wildman–Crippen LogP) is -0.288. The number of carbonyl (C=O) groups excluding carboxylic acids is 1. The van der Waals surface area contributed by atoms with Crippen molar-refractivity contribution in [3.8, 4) is 11.5 Å². The van der Waals surface area contributed by atoms with Crippen LogP contribution in [-0.2, 0) is 17.9 Å². The molecule has 6 nitrogen and oxygen atoms in total. The molecule has 3 N–H and O–H groups in total. The van der Waals surface area contributed by atoms with Crippen molar-refractivity contribution in [2.45, 2.75) is 33.0 Å². The molecule has 1 amide bonds. The Morgan fingerprint density at radius 2 is 1.83 bits per heavy atom. The van der Waals surface area contributed by atoms with Gasteiger partial charge in [-0.2, -0.15) is 0 Å². The van der Waals surface area contributed by atoms with Crippen molar-refractivity contribution in [3.63, 3.8) is 0 Å². The van der Waals surface area contributed by atoms with E-state index in [1.807, 2.05) is 25.1 Å². The van der Waals surface area contributed by atoms with E-state index in [9.17, 15) is 4.79 Å². The molecular weight excluding hydrogens is 366 g/mol. The minimum absolute atomic E-state index is 0.0375. The van der Waals surface area contributed by atoms with E-state index < -0.39 is 0 Å². The lowest BCUT2D eigenvalue weighted by Gasteiger charge is -2.32. The number of nitrogens with one attached hydrogen (secondary N) is 3. The second-order valence-corrected chi connectivity index (χ2v) is 8.20. The van der Waals surface area contributed by atoms with Gasteiger partial charge in [0.2, 0.25) is 6.79 Å². The maximum absolute atomic E-state index is 12.7. The van der Waals surface area contributed by atoms with Gasteiger partial charge in [0.15, 0.2) is 17.5 Å². The molecule has 2 heterocycles. The molecule has 0 spiro atoms. The molecule has 6 heteroatoms. The van der Waals surface area contributed by atoms with Gasteiger partial charge in [0.1, 0.15) is 32.7 Å². The molecule has 0 aromatic heterocycles. The van der Waals surface area contributed by atoms with E-state index in [-0.39, 0.29) is 18.7 Å². The maximum atomic E-state index is 12.7. The number of rotatable bonds is 6. The van der Waals surface area contributed by atoms with E-state index >= 15 is 0 Å². The first-order valence-electron chi connectivity index (χ1n) is 10.5. The Balaban J connectivity index is 1.23. The number of benzene rings is 2. The summed E-state index contributed by atoms with van der Waals surface area (Å²) in [5.41, 5.74) is 3.74. The molecule has 2 aromatic rings. The molecule has 0 aliphatic carbocycles. The first kappa shape index (κ1) is 19.7. The van der Waals surface area contributed by atoms with Crippen molar-refractivity contribution in [3.05, 3.63) is 59.2 Å². The lowest BCUT2D eigenvalue weighted by Crippen LogP contribution is -3.29. The number of hydrogen-bond donors (Lipinski definition) is 3. The minimum atomic E-state index is -0.0375. The summed E-state index contributed by atoms with van der Waals surface area (Å²) < 4.78 is 10.7. The summed E-state index contributed by atoms with van der Waals surface area (Å²) in [6, 6.07) is 14.5. The molecular formula is C23H31N3O3+2. The van der Waals surface area contributed by atoms with E-state index in [4.69, 9.17) is 9.47 Å². The fraction of sp³-hybridized carbons (Fsp3) is 0.435. The van der Waals surface area contributed by atoms with Crippen LogP contribution in [0.15, 0.2) is 42.5 Å². The van der Waals surface area contributed by atoms with Gasteiger partial charge in [0.05, 0.1) is 0 Å². The van der Waals surface area contributed by atoms with Gasteiger partial charge in [-0.1, -0.05) is 35.9 Å². The van der Waals surface area contributed by atoms with Crippen molar-refractivity contribution in [1.29, 1.82) is 0 Å². The molecule has 29 heavy (non-hydrogen) atoms. The predicted molar refractivity (Wildman–Crippen MR) is 110 cm³/mol. The molecule has 0 unspecified atom stereocenters. The number of hydrogen-bond acceptors (Lipinski definition) is 3. The van der Waals surface area contributed by atoms with Crippen molar-refractivity contribution < 1.29 is 24.1 Å². The largest absolute Gasteiger partial charge is 0.454 e. The van der Waals surface area contributed by atoms with Gasteiger partial charge in [0, 0.05) is 12.1 Å². The number of fused-ring (bicyclic) bond motifs is 1. The van der Waals surface area contributed by atoms with Crippen LogP contribution in [0, 0.1) is 6.92 Å². The van der Waals surface area contributed by atoms with Crippen LogP contribution >= 0.6 is 0 Å². The fourth-order valence-corrected chi connectivity index (χ4v) is 4.22. The summed E-state index contributed by atoms with van der Waals surface area (Å²) in [6.07, 6.45) is 0. The summed E-state index contributed by atoms with van der Waals surface area (Å²) in [6.45, 7) is 10.3. The number of amides is 1. The Labute approximate surface area is 172 Å². The molecule has 0 bridgehead atoms. The van der Waals surface area contributed by atoms with Gasteiger partial charge in [-0.05, 0) is 31.5 Å². The maximum Gasteiger partial charge on any atom is 0.278 e. The van der Waals surface area contributed by atoms with Gasteiger partial charge < -0.3 is 24.6 Å². The topological polar surface area (TPSA) is 56.4 Å². The lowest BCUT2D eigenvalue weighted by atomic mass is 10.1. The van der Waals surface area contributed by atoms with Crippen LogP contribution in [0.2, 0.25) is 0 Å². The van der Waals surface area contributed by atoms with Crippen LogP contribution < -0.4 is 24.6 Å². The zero-order chi connectivity index (χ0) is 20.2. The summed E-state index contributed by atoms with van der Waals surface area (Å²) in [4.78, 5) is 15.6. The van der Waals surface area contributed by atoms with Crippen LogP contribution in [0.3, 0.4) is 0 Å². The summed E-state index contributed by atoms with van der Waals surface area (Å²) in [5.74, 6) is 1.63. The zero-order valence-corrected chi connectivity index (χ0v) is 17.3. The second-order valence-electron chi connectivity index (χ2n) is 8.20. The summed E-state index contributed by atoms with van der Waals surface area (Å²) in [5, 5.41) is 3.08. The highest BCUT2D eigenvalue weighted by atomic mass is 16.7. The Hall–Kier alpha value is -2.57. The summed E-state index contributed by atoms with van der Waals surface area (Å²) in [7, 11) is 0. The Morgan fingerprint density at radius 3 is 2.62 bits per heavy atom. The number of carbonyl (C=O) groups is 1. The Morgan fingerprint density at radius 1 is 1.03 bits per heavy atom.